The first-order valence-corrected chi connectivity index (χ1v) is 6.76. The van der Waals surface area contributed by atoms with Crippen LogP contribution in [-0.2, 0) is 16.0 Å². The molecule has 1 unspecified atom stereocenters. The van der Waals surface area contributed by atoms with Gasteiger partial charge in [0.15, 0.2) is 5.69 Å². The van der Waals surface area contributed by atoms with Crippen LogP contribution in [0.2, 0.25) is 0 Å². The molecule has 3 rings (SSSR count). The minimum atomic E-state index is -0.359. The molecule has 1 saturated heterocycles. The van der Waals surface area contributed by atoms with Crippen LogP contribution in [0.15, 0.2) is 41.1 Å². The van der Waals surface area contributed by atoms with Crippen molar-refractivity contribution in [1.29, 1.82) is 0 Å². The second-order valence-electron chi connectivity index (χ2n) is 5.05. The van der Waals surface area contributed by atoms with E-state index in [1.807, 2.05) is 12.1 Å². The predicted molar refractivity (Wildman–Crippen MR) is 75.9 cm³/mol. The molecule has 1 fully saturated rings. The molecule has 0 radical (unpaired) electrons. The van der Waals surface area contributed by atoms with Gasteiger partial charge in [-0.3, -0.25) is 19.7 Å². The molecule has 2 heterocycles. The second-order valence-corrected chi connectivity index (χ2v) is 5.05. The van der Waals surface area contributed by atoms with Crippen molar-refractivity contribution in [2.45, 2.75) is 12.8 Å². The summed E-state index contributed by atoms with van der Waals surface area (Å²) in [4.78, 5) is 34.5. The third kappa shape index (κ3) is 3.03. The van der Waals surface area contributed by atoms with Gasteiger partial charge in [0.25, 0.3) is 5.91 Å². The first kappa shape index (κ1) is 14.0. The molecule has 7 heteroatoms. The van der Waals surface area contributed by atoms with Gasteiger partial charge in [0, 0.05) is 18.2 Å². The quantitative estimate of drug-likeness (QED) is 0.824. The lowest BCUT2D eigenvalue weighted by Gasteiger charge is -2.07. The van der Waals surface area contributed by atoms with Crippen LogP contribution < -0.4 is 10.6 Å². The maximum Gasteiger partial charge on any atom is 0.277 e. The fourth-order valence-electron chi connectivity index (χ4n) is 2.31. The molecule has 0 aliphatic carbocycles. The van der Waals surface area contributed by atoms with Crippen LogP contribution in [0, 0.1) is 5.92 Å². The third-order valence-corrected chi connectivity index (χ3v) is 3.43. The summed E-state index contributed by atoms with van der Waals surface area (Å²) in [6, 6.07) is 8.58. The highest BCUT2D eigenvalue weighted by Crippen LogP contribution is 2.19. The van der Waals surface area contributed by atoms with Crippen molar-refractivity contribution < 1.29 is 18.9 Å². The minimum absolute atomic E-state index is 0.199. The van der Waals surface area contributed by atoms with Gasteiger partial charge in [-0.15, -0.1) is 0 Å². The number of nitrogens with one attached hydrogen (secondary N) is 2. The molecular weight excluding hydrogens is 286 g/mol. The van der Waals surface area contributed by atoms with E-state index in [9.17, 15) is 14.4 Å². The summed E-state index contributed by atoms with van der Waals surface area (Å²) in [7, 11) is 0. The lowest BCUT2D eigenvalue weighted by Crippen LogP contribution is -2.22. The summed E-state index contributed by atoms with van der Waals surface area (Å²) in [5.74, 6) is -1.13. The number of aromatic nitrogens is 1. The van der Waals surface area contributed by atoms with Crippen molar-refractivity contribution in [2.75, 3.05) is 5.32 Å². The average molecular weight is 299 g/mol. The lowest BCUT2D eigenvalue weighted by molar-refractivity contribution is -0.125. The number of hydrogen-bond acceptors (Lipinski definition) is 5. The van der Waals surface area contributed by atoms with Crippen LogP contribution in [0.1, 0.15) is 22.5 Å². The largest absolute Gasteiger partial charge is 0.364 e. The second kappa shape index (κ2) is 5.80. The van der Waals surface area contributed by atoms with Gasteiger partial charge in [0.1, 0.15) is 6.26 Å². The zero-order valence-corrected chi connectivity index (χ0v) is 11.5. The van der Waals surface area contributed by atoms with Crippen molar-refractivity contribution in [1.82, 2.24) is 10.5 Å². The maximum absolute atomic E-state index is 11.8. The van der Waals surface area contributed by atoms with Gasteiger partial charge in [-0.2, -0.15) is 0 Å². The highest BCUT2D eigenvalue weighted by atomic mass is 16.5. The van der Waals surface area contributed by atoms with Crippen LogP contribution in [0.3, 0.4) is 0 Å². The first-order valence-electron chi connectivity index (χ1n) is 6.76. The Morgan fingerprint density at radius 2 is 2.05 bits per heavy atom. The van der Waals surface area contributed by atoms with Gasteiger partial charge < -0.3 is 9.84 Å². The molecule has 7 nitrogen and oxygen atoms in total. The molecule has 0 bridgehead atoms. The van der Waals surface area contributed by atoms with E-state index < -0.39 is 0 Å². The number of carbonyl (C=O) groups is 3. The molecule has 2 N–H and O–H groups in total. The van der Waals surface area contributed by atoms with E-state index >= 15 is 0 Å². The number of benzene rings is 1. The molecule has 22 heavy (non-hydrogen) atoms. The topological polar surface area (TPSA) is 101 Å². The van der Waals surface area contributed by atoms with Crippen molar-refractivity contribution >= 4 is 23.4 Å². The monoisotopic (exact) mass is 299 g/mol. The Bertz CT molecular complexity index is 707. The molecule has 0 spiro atoms. The number of imide groups is 1. The molecule has 1 aromatic heterocycles. The van der Waals surface area contributed by atoms with Gasteiger partial charge in [-0.25, -0.2) is 0 Å². The van der Waals surface area contributed by atoms with E-state index in [0.717, 1.165) is 5.56 Å². The summed E-state index contributed by atoms with van der Waals surface area (Å²) in [5, 5.41) is 8.53. The minimum Gasteiger partial charge on any atom is -0.364 e. The van der Waals surface area contributed by atoms with Crippen molar-refractivity contribution in [3.8, 4) is 0 Å². The molecule has 1 aromatic carbocycles. The number of rotatable bonds is 4. The van der Waals surface area contributed by atoms with E-state index in [4.69, 9.17) is 0 Å². The van der Waals surface area contributed by atoms with Crippen LogP contribution in [0.25, 0.3) is 0 Å². The van der Waals surface area contributed by atoms with Crippen molar-refractivity contribution in [3.05, 3.63) is 47.9 Å². The Balaban J connectivity index is 1.62. The number of anilines is 1. The van der Waals surface area contributed by atoms with Crippen molar-refractivity contribution in [2.24, 2.45) is 5.92 Å². The molecule has 3 amide bonds. The van der Waals surface area contributed by atoms with Gasteiger partial charge in [0.2, 0.25) is 11.8 Å². The summed E-state index contributed by atoms with van der Waals surface area (Å²) >= 11 is 0. The maximum atomic E-state index is 11.8. The summed E-state index contributed by atoms with van der Waals surface area (Å²) in [5.41, 5.74) is 1.74. The SMILES string of the molecule is O=C1CC(Cc2ccc(NC(=O)c3ccon3)cc2)C(=O)N1. The molecule has 1 aliphatic heterocycles. The fourth-order valence-corrected chi connectivity index (χ4v) is 2.31. The Morgan fingerprint density at radius 1 is 1.27 bits per heavy atom. The van der Waals surface area contributed by atoms with Crippen molar-refractivity contribution in [3.63, 3.8) is 0 Å². The summed E-state index contributed by atoms with van der Waals surface area (Å²) in [6.07, 6.45) is 2.05. The normalized spacial score (nSPS) is 17.4. The van der Waals surface area contributed by atoms with Gasteiger partial charge >= 0.3 is 0 Å². The molecule has 0 saturated carbocycles. The van der Waals surface area contributed by atoms with Gasteiger partial charge in [-0.1, -0.05) is 17.3 Å². The van der Waals surface area contributed by atoms with E-state index in [2.05, 4.69) is 20.3 Å². The third-order valence-electron chi connectivity index (χ3n) is 3.43. The highest BCUT2D eigenvalue weighted by Gasteiger charge is 2.30. The standard InChI is InChI=1S/C15H13N3O4/c19-13-8-10(14(20)17-13)7-9-1-3-11(4-2-9)16-15(21)12-5-6-22-18-12/h1-6,10H,7-8H2,(H,16,21)(H,17,19,20). The number of nitrogens with zero attached hydrogens (tertiary/aromatic N) is 1. The zero-order valence-electron chi connectivity index (χ0n) is 11.5. The molecule has 1 aliphatic rings. The predicted octanol–water partition coefficient (Wildman–Crippen LogP) is 1.13. The molecule has 2 aromatic rings. The van der Waals surface area contributed by atoms with Gasteiger partial charge in [-0.05, 0) is 24.1 Å². The molecule has 1 atom stereocenters. The lowest BCUT2D eigenvalue weighted by atomic mass is 9.98. The van der Waals surface area contributed by atoms with Gasteiger partial charge in [0.05, 0.1) is 5.92 Å². The first-order chi connectivity index (χ1) is 10.6. The van der Waals surface area contributed by atoms with E-state index in [0.29, 0.717) is 12.1 Å². The molecule has 112 valence electrons. The van der Waals surface area contributed by atoms with Crippen LogP contribution in [0.5, 0.6) is 0 Å². The van der Waals surface area contributed by atoms with Crippen LogP contribution in [-0.4, -0.2) is 22.9 Å². The Labute approximate surface area is 125 Å². The number of carbonyl (C=O) groups excluding carboxylic acids is 3. The Hall–Kier alpha value is -2.96. The highest BCUT2D eigenvalue weighted by molar-refractivity contribution is 6.03. The zero-order chi connectivity index (χ0) is 15.5. The van der Waals surface area contributed by atoms with E-state index in [-0.39, 0.29) is 35.8 Å². The van der Waals surface area contributed by atoms with E-state index in [1.54, 1.807) is 12.1 Å². The Morgan fingerprint density at radius 3 is 2.64 bits per heavy atom. The van der Waals surface area contributed by atoms with Crippen LogP contribution >= 0.6 is 0 Å². The average Bonchev–Trinajstić information content (AvgIpc) is 3.12. The smallest absolute Gasteiger partial charge is 0.277 e. The summed E-state index contributed by atoms with van der Waals surface area (Å²) < 4.78 is 4.61. The van der Waals surface area contributed by atoms with Crippen LogP contribution in [0.4, 0.5) is 5.69 Å². The fraction of sp³-hybridized carbons (Fsp3) is 0.200. The number of hydrogen-bond donors (Lipinski definition) is 2. The summed E-state index contributed by atoms with van der Waals surface area (Å²) in [6.45, 7) is 0. The number of amides is 3. The van der Waals surface area contributed by atoms with E-state index in [1.165, 1.54) is 12.3 Å². The Kier molecular flexibility index (Phi) is 3.69. The molecular formula is C15H13N3O4.